The first-order valence-electron chi connectivity index (χ1n) is 7.33. The molecule has 0 spiro atoms. The number of nitrogens with zero attached hydrogens (tertiary/aromatic N) is 1. The highest BCUT2D eigenvalue weighted by molar-refractivity contribution is 7.89. The number of benzene rings is 1. The summed E-state index contributed by atoms with van der Waals surface area (Å²) in [7, 11) is -5.76. The van der Waals surface area contributed by atoms with Crippen molar-refractivity contribution in [2.45, 2.75) is 11.4 Å². The summed E-state index contributed by atoms with van der Waals surface area (Å²) in [5.41, 5.74) is 0. The number of rotatable bonds is 9. The van der Waals surface area contributed by atoms with Gasteiger partial charge in [0.05, 0.1) is 31.1 Å². The first-order chi connectivity index (χ1) is 11.7. The number of hydrogen-bond acceptors (Lipinski definition) is 6. The van der Waals surface area contributed by atoms with Gasteiger partial charge < -0.3 is 9.15 Å². The number of furan rings is 1. The van der Waals surface area contributed by atoms with Gasteiger partial charge in [0, 0.05) is 13.1 Å². The predicted octanol–water partition coefficient (Wildman–Crippen LogP) is 1.03. The molecule has 1 aromatic carbocycles. The SMILES string of the molecule is COc1ccc(S(=O)(=O)NCCN(Cc2ccco2)S(C)(=O)=O)cc1. The number of sulfonamides is 2. The van der Waals surface area contributed by atoms with Crippen molar-refractivity contribution in [1.29, 1.82) is 0 Å². The lowest BCUT2D eigenvalue weighted by atomic mass is 10.3. The predicted molar refractivity (Wildman–Crippen MR) is 92.1 cm³/mol. The van der Waals surface area contributed by atoms with E-state index >= 15 is 0 Å². The monoisotopic (exact) mass is 388 g/mol. The van der Waals surface area contributed by atoms with Gasteiger partial charge in [0.25, 0.3) is 0 Å². The van der Waals surface area contributed by atoms with E-state index < -0.39 is 20.0 Å². The molecule has 0 atom stereocenters. The molecule has 2 rings (SSSR count). The highest BCUT2D eigenvalue weighted by Crippen LogP contribution is 2.15. The average molecular weight is 388 g/mol. The Labute approximate surface area is 147 Å². The molecule has 0 aliphatic carbocycles. The molecule has 0 unspecified atom stereocenters. The molecular formula is C15H20N2O6S2. The highest BCUT2D eigenvalue weighted by atomic mass is 32.2. The van der Waals surface area contributed by atoms with Crippen molar-refractivity contribution in [1.82, 2.24) is 9.03 Å². The van der Waals surface area contributed by atoms with E-state index in [2.05, 4.69) is 4.72 Å². The Morgan fingerprint density at radius 2 is 1.80 bits per heavy atom. The van der Waals surface area contributed by atoms with E-state index in [0.717, 1.165) is 10.6 Å². The summed E-state index contributed by atoms with van der Waals surface area (Å²) in [6.45, 7) is -0.0485. The third-order valence-corrected chi connectivity index (χ3v) is 6.13. The highest BCUT2D eigenvalue weighted by Gasteiger charge is 2.20. The zero-order valence-electron chi connectivity index (χ0n) is 13.9. The van der Waals surface area contributed by atoms with Gasteiger partial charge in [-0.3, -0.25) is 0 Å². The molecule has 0 radical (unpaired) electrons. The first kappa shape index (κ1) is 19.4. The van der Waals surface area contributed by atoms with E-state index in [1.54, 1.807) is 12.1 Å². The van der Waals surface area contributed by atoms with Crippen LogP contribution in [-0.4, -0.2) is 47.6 Å². The van der Waals surface area contributed by atoms with Crippen LogP contribution in [0.1, 0.15) is 5.76 Å². The van der Waals surface area contributed by atoms with Crippen molar-refractivity contribution in [3.8, 4) is 5.75 Å². The van der Waals surface area contributed by atoms with Crippen LogP contribution in [0.15, 0.2) is 52.0 Å². The Bertz CT molecular complexity index is 875. The third kappa shape index (κ3) is 5.56. The zero-order valence-corrected chi connectivity index (χ0v) is 15.5. The maximum absolute atomic E-state index is 12.2. The normalized spacial score (nSPS) is 12.4. The smallest absolute Gasteiger partial charge is 0.240 e. The van der Waals surface area contributed by atoms with Crippen molar-refractivity contribution in [2.75, 3.05) is 26.5 Å². The number of nitrogens with one attached hydrogen (secondary N) is 1. The van der Waals surface area contributed by atoms with Crippen molar-refractivity contribution in [2.24, 2.45) is 0 Å². The van der Waals surface area contributed by atoms with Gasteiger partial charge in [-0.2, -0.15) is 4.31 Å². The summed E-state index contributed by atoms with van der Waals surface area (Å²) in [5.74, 6) is 1.02. The van der Waals surface area contributed by atoms with Gasteiger partial charge in [-0.1, -0.05) is 0 Å². The van der Waals surface area contributed by atoms with E-state index in [1.165, 1.54) is 37.6 Å². The van der Waals surface area contributed by atoms with Gasteiger partial charge in [-0.05, 0) is 36.4 Å². The second kappa shape index (κ2) is 8.00. The summed E-state index contributed by atoms with van der Waals surface area (Å²) in [6, 6.07) is 9.21. The molecule has 0 aliphatic heterocycles. The molecule has 8 nitrogen and oxygen atoms in total. The summed E-state index contributed by atoms with van der Waals surface area (Å²) in [4.78, 5) is 0.0743. The van der Waals surface area contributed by atoms with E-state index in [1.807, 2.05) is 0 Å². The van der Waals surface area contributed by atoms with Crippen LogP contribution in [0.3, 0.4) is 0 Å². The second-order valence-electron chi connectivity index (χ2n) is 5.25. The van der Waals surface area contributed by atoms with E-state index in [9.17, 15) is 16.8 Å². The molecule has 25 heavy (non-hydrogen) atoms. The fourth-order valence-electron chi connectivity index (χ4n) is 2.08. The van der Waals surface area contributed by atoms with Crippen molar-refractivity contribution >= 4 is 20.0 Å². The molecule has 0 saturated carbocycles. The molecular weight excluding hydrogens is 368 g/mol. The minimum atomic E-state index is -3.74. The van der Waals surface area contributed by atoms with Gasteiger partial charge >= 0.3 is 0 Å². The van der Waals surface area contributed by atoms with Crippen molar-refractivity contribution in [3.63, 3.8) is 0 Å². The molecule has 0 aliphatic rings. The molecule has 0 fully saturated rings. The lowest BCUT2D eigenvalue weighted by Crippen LogP contribution is -2.37. The maximum atomic E-state index is 12.2. The van der Waals surface area contributed by atoms with E-state index in [4.69, 9.17) is 9.15 Å². The molecule has 1 aromatic heterocycles. The number of methoxy groups -OCH3 is 1. The lowest BCUT2D eigenvalue weighted by molar-refractivity contribution is 0.368. The van der Waals surface area contributed by atoms with Gasteiger partial charge in [0.1, 0.15) is 11.5 Å². The first-order valence-corrected chi connectivity index (χ1v) is 10.7. The molecule has 0 saturated heterocycles. The van der Waals surface area contributed by atoms with Gasteiger partial charge in [-0.15, -0.1) is 0 Å². The summed E-state index contributed by atoms with van der Waals surface area (Å²) in [6.07, 6.45) is 2.51. The van der Waals surface area contributed by atoms with Gasteiger partial charge in [0.2, 0.25) is 20.0 Å². The maximum Gasteiger partial charge on any atom is 0.240 e. The number of ether oxygens (including phenoxy) is 1. The quantitative estimate of drug-likeness (QED) is 0.688. The lowest BCUT2D eigenvalue weighted by Gasteiger charge is -2.19. The third-order valence-electron chi connectivity index (χ3n) is 3.40. The summed E-state index contributed by atoms with van der Waals surface area (Å²) < 4.78 is 61.8. The van der Waals surface area contributed by atoms with Crippen LogP contribution in [0.25, 0.3) is 0 Å². The summed E-state index contributed by atoms with van der Waals surface area (Å²) in [5, 5.41) is 0. The Kier molecular flexibility index (Phi) is 6.22. The van der Waals surface area contributed by atoms with Crippen LogP contribution in [-0.2, 0) is 26.6 Å². The minimum absolute atomic E-state index is 0.0189. The minimum Gasteiger partial charge on any atom is -0.497 e. The largest absolute Gasteiger partial charge is 0.497 e. The van der Waals surface area contributed by atoms with Crippen LogP contribution >= 0.6 is 0 Å². The van der Waals surface area contributed by atoms with Gasteiger partial charge in [-0.25, -0.2) is 21.6 Å². The fraction of sp³-hybridized carbons (Fsp3) is 0.333. The van der Waals surface area contributed by atoms with E-state index in [-0.39, 0.29) is 24.5 Å². The molecule has 10 heteroatoms. The molecule has 0 amide bonds. The molecule has 138 valence electrons. The Hall–Kier alpha value is -1.88. The standard InChI is InChI=1S/C15H20N2O6S2/c1-22-13-5-7-15(8-6-13)25(20,21)16-9-10-17(24(2,18)19)12-14-4-3-11-23-14/h3-8,11,16H,9-10,12H2,1-2H3. The van der Waals surface area contributed by atoms with E-state index in [0.29, 0.717) is 11.5 Å². The van der Waals surface area contributed by atoms with Crippen molar-refractivity contribution < 1.29 is 26.0 Å². The fourth-order valence-corrected chi connectivity index (χ4v) is 3.89. The Balaban J connectivity index is 2.00. The molecule has 0 bridgehead atoms. The molecule has 1 heterocycles. The molecule has 1 N–H and O–H groups in total. The van der Waals surface area contributed by atoms with Crippen LogP contribution < -0.4 is 9.46 Å². The van der Waals surface area contributed by atoms with Crippen LogP contribution in [0.5, 0.6) is 5.75 Å². The molecule has 2 aromatic rings. The van der Waals surface area contributed by atoms with Crippen LogP contribution in [0, 0.1) is 0 Å². The number of hydrogen-bond donors (Lipinski definition) is 1. The van der Waals surface area contributed by atoms with Gasteiger partial charge in [0.15, 0.2) is 0 Å². The second-order valence-corrected chi connectivity index (χ2v) is 9.00. The zero-order chi connectivity index (χ0) is 18.5. The van der Waals surface area contributed by atoms with Crippen LogP contribution in [0.2, 0.25) is 0 Å². The van der Waals surface area contributed by atoms with Crippen molar-refractivity contribution in [3.05, 3.63) is 48.4 Å². The average Bonchev–Trinajstić information content (AvgIpc) is 3.06. The topological polar surface area (TPSA) is 106 Å². The van der Waals surface area contributed by atoms with Crippen LogP contribution in [0.4, 0.5) is 0 Å². The summed E-state index contributed by atoms with van der Waals surface area (Å²) >= 11 is 0. The Morgan fingerprint density at radius 1 is 1.12 bits per heavy atom. The Morgan fingerprint density at radius 3 is 2.32 bits per heavy atom.